The molecule has 0 radical (unpaired) electrons. The van der Waals surface area contributed by atoms with Crippen molar-refractivity contribution in [3.05, 3.63) is 69.8 Å². The fourth-order valence-electron chi connectivity index (χ4n) is 3.56. The van der Waals surface area contributed by atoms with Gasteiger partial charge in [-0.15, -0.1) is 0 Å². The molecule has 2 aromatic rings. The van der Waals surface area contributed by atoms with Gasteiger partial charge in [-0.05, 0) is 35.6 Å². The predicted octanol–water partition coefficient (Wildman–Crippen LogP) is 1.80. The number of nitrogens with one attached hydrogen (secondary N) is 2. The highest BCUT2D eigenvalue weighted by Gasteiger charge is 2.32. The van der Waals surface area contributed by atoms with Gasteiger partial charge in [0.25, 0.3) is 23.6 Å². The van der Waals surface area contributed by atoms with Crippen molar-refractivity contribution >= 4 is 23.6 Å². The van der Waals surface area contributed by atoms with Crippen molar-refractivity contribution in [1.29, 1.82) is 0 Å². The van der Waals surface area contributed by atoms with Crippen molar-refractivity contribution < 1.29 is 19.2 Å². The van der Waals surface area contributed by atoms with Crippen LogP contribution in [0.25, 0.3) is 0 Å². The highest BCUT2D eigenvalue weighted by molar-refractivity contribution is 6.23. The second-order valence-corrected chi connectivity index (χ2v) is 6.28. The molecule has 4 rings (SSSR count). The average molecular weight is 334 g/mol. The van der Waals surface area contributed by atoms with E-state index >= 15 is 0 Å². The molecule has 0 spiro atoms. The molecule has 0 saturated heterocycles. The molecule has 0 saturated carbocycles. The quantitative estimate of drug-likeness (QED) is 0.837. The number of fused-ring (bicyclic) bond motifs is 2. The SMILES string of the molecule is CC(Cc1cccc2c1C(=O)NC2=O)c1cccc2c1C(=O)NC2=O. The topological polar surface area (TPSA) is 92.3 Å². The van der Waals surface area contributed by atoms with Crippen LogP contribution < -0.4 is 10.6 Å². The zero-order valence-electron chi connectivity index (χ0n) is 13.4. The van der Waals surface area contributed by atoms with Gasteiger partial charge in [0.2, 0.25) is 0 Å². The Morgan fingerprint density at radius 1 is 0.760 bits per heavy atom. The van der Waals surface area contributed by atoms with E-state index in [0.29, 0.717) is 28.7 Å². The average Bonchev–Trinajstić information content (AvgIpc) is 3.05. The summed E-state index contributed by atoms with van der Waals surface area (Å²) in [6.07, 6.45) is 0.474. The van der Waals surface area contributed by atoms with Gasteiger partial charge < -0.3 is 0 Å². The number of hydrogen-bond acceptors (Lipinski definition) is 4. The summed E-state index contributed by atoms with van der Waals surface area (Å²) in [5, 5.41) is 4.61. The molecular weight excluding hydrogens is 320 g/mol. The maximum Gasteiger partial charge on any atom is 0.259 e. The second-order valence-electron chi connectivity index (χ2n) is 6.28. The third-order valence-electron chi connectivity index (χ3n) is 4.70. The number of carbonyl (C=O) groups excluding carboxylic acids is 4. The first-order valence-corrected chi connectivity index (χ1v) is 7.93. The molecule has 2 aliphatic rings. The van der Waals surface area contributed by atoms with Gasteiger partial charge >= 0.3 is 0 Å². The highest BCUT2D eigenvalue weighted by Crippen LogP contribution is 2.31. The Morgan fingerprint density at radius 2 is 1.32 bits per heavy atom. The van der Waals surface area contributed by atoms with Gasteiger partial charge in [-0.3, -0.25) is 29.8 Å². The summed E-state index contributed by atoms with van der Waals surface area (Å²) in [4.78, 5) is 47.8. The van der Waals surface area contributed by atoms with E-state index in [1.54, 1.807) is 24.3 Å². The summed E-state index contributed by atoms with van der Waals surface area (Å²) in [6, 6.07) is 10.4. The molecule has 0 aliphatic carbocycles. The molecule has 124 valence electrons. The van der Waals surface area contributed by atoms with Crippen molar-refractivity contribution in [3.63, 3.8) is 0 Å². The maximum absolute atomic E-state index is 12.1. The summed E-state index contributed by atoms with van der Waals surface area (Å²) >= 11 is 0. The van der Waals surface area contributed by atoms with Crippen LogP contribution >= 0.6 is 0 Å². The standard InChI is InChI=1S/C19H14N2O4/c1-9(11-5-3-7-13-15(11)19(25)21-17(13)23)8-10-4-2-6-12-14(10)18(24)20-16(12)22/h2-7,9H,8H2,1H3,(H,20,22,24)(H,21,23,25). The Bertz CT molecular complexity index is 977. The molecule has 1 atom stereocenters. The van der Waals surface area contributed by atoms with E-state index in [-0.39, 0.29) is 17.7 Å². The Hall–Kier alpha value is -3.28. The number of benzene rings is 2. The van der Waals surface area contributed by atoms with Crippen molar-refractivity contribution in [1.82, 2.24) is 10.6 Å². The largest absolute Gasteiger partial charge is 0.288 e. The van der Waals surface area contributed by atoms with Crippen LogP contribution in [-0.2, 0) is 6.42 Å². The summed E-state index contributed by atoms with van der Waals surface area (Å²) < 4.78 is 0. The van der Waals surface area contributed by atoms with Crippen molar-refractivity contribution in [2.75, 3.05) is 0 Å². The summed E-state index contributed by atoms with van der Waals surface area (Å²) in [7, 11) is 0. The first kappa shape index (κ1) is 15.3. The van der Waals surface area contributed by atoms with Crippen LogP contribution in [0.15, 0.2) is 36.4 Å². The van der Waals surface area contributed by atoms with Crippen molar-refractivity contribution in [2.24, 2.45) is 0 Å². The molecule has 6 heteroatoms. The van der Waals surface area contributed by atoms with Crippen LogP contribution in [0.3, 0.4) is 0 Å². The van der Waals surface area contributed by atoms with Gasteiger partial charge in [0.15, 0.2) is 0 Å². The van der Waals surface area contributed by atoms with Gasteiger partial charge in [-0.2, -0.15) is 0 Å². The normalized spacial score (nSPS) is 16.4. The molecule has 0 bridgehead atoms. The van der Waals surface area contributed by atoms with Gasteiger partial charge in [0.1, 0.15) is 0 Å². The second kappa shape index (κ2) is 5.37. The minimum Gasteiger partial charge on any atom is -0.288 e. The van der Waals surface area contributed by atoms with Crippen LogP contribution in [0.5, 0.6) is 0 Å². The van der Waals surface area contributed by atoms with Gasteiger partial charge in [0.05, 0.1) is 22.3 Å². The number of amides is 4. The van der Waals surface area contributed by atoms with Crippen LogP contribution in [0, 0.1) is 0 Å². The van der Waals surface area contributed by atoms with E-state index in [1.165, 1.54) is 0 Å². The van der Waals surface area contributed by atoms with Crippen LogP contribution in [0.1, 0.15) is 65.4 Å². The first-order chi connectivity index (χ1) is 12.0. The maximum atomic E-state index is 12.1. The Labute approximate surface area is 143 Å². The summed E-state index contributed by atoms with van der Waals surface area (Å²) in [5.74, 6) is -1.68. The number of hydrogen-bond donors (Lipinski definition) is 2. The van der Waals surface area contributed by atoms with E-state index < -0.39 is 11.8 Å². The lowest BCUT2D eigenvalue weighted by molar-refractivity contribution is 0.0862. The van der Waals surface area contributed by atoms with Crippen LogP contribution in [0.2, 0.25) is 0 Å². The van der Waals surface area contributed by atoms with Gasteiger partial charge in [0, 0.05) is 0 Å². The highest BCUT2D eigenvalue weighted by atomic mass is 16.2. The van der Waals surface area contributed by atoms with Crippen molar-refractivity contribution in [3.8, 4) is 0 Å². The predicted molar refractivity (Wildman–Crippen MR) is 88.6 cm³/mol. The first-order valence-electron chi connectivity index (χ1n) is 7.93. The Balaban J connectivity index is 1.73. The smallest absolute Gasteiger partial charge is 0.259 e. The lowest BCUT2D eigenvalue weighted by Gasteiger charge is -2.16. The Morgan fingerprint density at radius 3 is 2.00 bits per heavy atom. The number of rotatable bonds is 3. The minimum atomic E-state index is -0.395. The number of carbonyl (C=O) groups is 4. The van der Waals surface area contributed by atoms with Crippen molar-refractivity contribution in [2.45, 2.75) is 19.3 Å². The van der Waals surface area contributed by atoms with E-state index in [0.717, 1.165) is 11.1 Å². The van der Waals surface area contributed by atoms with Crippen LogP contribution in [-0.4, -0.2) is 23.6 Å². The lowest BCUT2D eigenvalue weighted by Crippen LogP contribution is -2.21. The molecule has 2 aliphatic heterocycles. The molecule has 25 heavy (non-hydrogen) atoms. The minimum absolute atomic E-state index is 0.110. The molecule has 4 amide bonds. The van der Waals surface area contributed by atoms with Gasteiger partial charge in [-0.1, -0.05) is 31.2 Å². The lowest BCUT2D eigenvalue weighted by atomic mass is 9.87. The van der Waals surface area contributed by atoms with Crippen LogP contribution in [0.4, 0.5) is 0 Å². The molecule has 6 nitrogen and oxygen atoms in total. The monoisotopic (exact) mass is 334 g/mol. The zero-order chi connectivity index (χ0) is 17.7. The van der Waals surface area contributed by atoms with E-state index in [2.05, 4.69) is 10.6 Å². The third-order valence-corrected chi connectivity index (χ3v) is 4.70. The fourth-order valence-corrected chi connectivity index (χ4v) is 3.56. The zero-order valence-corrected chi connectivity index (χ0v) is 13.4. The molecular formula is C19H14N2O4. The van der Waals surface area contributed by atoms with Gasteiger partial charge in [-0.25, -0.2) is 0 Å². The third kappa shape index (κ3) is 2.26. The molecule has 2 aromatic carbocycles. The molecule has 0 aromatic heterocycles. The summed E-state index contributed by atoms with van der Waals surface area (Å²) in [6.45, 7) is 1.93. The number of imide groups is 2. The molecule has 2 heterocycles. The molecule has 2 N–H and O–H groups in total. The van der Waals surface area contributed by atoms with E-state index in [9.17, 15) is 19.2 Å². The molecule has 0 fully saturated rings. The molecule has 1 unspecified atom stereocenters. The summed E-state index contributed by atoms with van der Waals surface area (Å²) in [5.41, 5.74) is 3.04. The van der Waals surface area contributed by atoms with E-state index in [4.69, 9.17) is 0 Å². The Kier molecular flexibility index (Phi) is 3.28. The van der Waals surface area contributed by atoms with E-state index in [1.807, 2.05) is 19.1 Å². The fraction of sp³-hybridized carbons (Fsp3) is 0.158.